The summed E-state index contributed by atoms with van der Waals surface area (Å²) < 4.78 is 13.6. The quantitative estimate of drug-likeness (QED) is 0.639. The van der Waals surface area contributed by atoms with Gasteiger partial charge in [-0.3, -0.25) is 0 Å². The van der Waals surface area contributed by atoms with Crippen molar-refractivity contribution in [2.45, 2.75) is 30.4 Å². The lowest BCUT2D eigenvalue weighted by atomic mass is 10.0. The molecule has 2 N–H and O–H groups in total. The van der Waals surface area contributed by atoms with Gasteiger partial charge >= 0.3 is 0 Å². The van der Waals surface area contributed by atoms with E-state index in [0.29, 0.717) is 22.9 Å². The molecule has 2 rings (SSSR count). The molecule has 0 heterocycles. The summed E-state index contributed by atoms with van der Waals surface area (Å²) in [5.74, 6) is 0.854. The number of hydrogen-bond acceptors (Lipinski definition) is 2. The van der Waals surface area contributed by atoms with Gasteiger partial charge in [0.15, 0.2) is 0 Å². The fourth-order valence-electron chi connectivity index (χ4n) is 1.83. The monoisotopic (exact) mass is 275 g/mol. The summed E-state index contributed by atoms with van der Waals surface area (Å²) >= 11 is 1.60. The highest BCUT2D eigenvalue weighted by Gasteiger charge is 2.07. The third-order valence-corrected chi connectivity index (χ3v) is 4.12. The third-order valence-electron chi connectivity index (χ3n) is 3.09. The average Bonchev–Trinajstić information content (AvgIpc) is 2.38. The Morgan fingerprint density at radius 2 is 1.79 bits per heavy atom. The highest BCUT2D eigenvalue weighted by molar-refractivity contribution is 7.98. The first-order valence-corrected chi connectivity index (χ1v) is 7.32. The number of thioether (sulfide) groups is 1. The van der Waals surface area contributed by atoms with Crippen LogP contribution in [0.5, 0.6) is 0 Å². The number of nitrogen functional groups attached to an aromatic ring is 1. The first-order valence-electron chi connectivity index (χ1n) is 6.33. The minimum atomic E-state index is -0.230. The summed E-state index contributed by atoms with van der Waals surface area (Å²) in [6, 6.07) is 13.2. The molecule has 0 aromatic heterocycles. The van der Waals surface area contributed by atoms with Crippen molar-refractivity contribution in [1.82, 2.24) is 0 Å². The molecule has 2 aromatic carbocycles. The van der Waals surface area contributed by atoms with E-state index in [1.165, 1.54) is 11.6 Å². The van der Waals surface area contributed by atoms with E-state index >= 15 is 0 Å². The molecule has 0 atom stereocenters. The zero-order valence-electron chi connectivity index (χ0n) is 11.2. The molecule has 0 aliphatic heterocycles. The molecule has 1 nitrogen and oxygen atoms in total. The molecular formula is C16H18FNS. The molecule has 3 heteroatoms. The Labute approximate surface area is 118 Å². The van der Waals surface area contributed by atoms with E-state index in [9.17, 15) is 4.39 Å². The SMILES string of the molecule is CC(C)c1ccc(SCc2c(N)cccc2F)cc1. The molecule has 0 radical (unpaired) electrons. The molecule has 0 unspecified atom stereocenters. The number of anilines is 1. The Morgan fingerprint density at radius 1 is 1.11 bits per heavy atom. The molecule has 0 spiro atoms. The summed E-state index contributed by atoms with van der Waals surface area (Å²) in [6.45, 7) is 4.34. The molecule has 0 bridgehead atoms. The van der Waals surface area contributed by atoms with Crippen molar-refractivity contribution in [3.05, 3.63) is 59.4 Å². The van der Waals surface area contributed by atoms with Crippen LogP contribution in [-0.2, 0) is 5.75 Å². The number of nitrogens with two attached hydrogens (primary N) is 1. The number of halogens is 1. The van der Waals surface area contributed by atoms with Crippen LogP contribution in [0, 0.1) is 5.82 Å². The minimum absolute atomic E-state index is 0.230. The summed E-state index contributed by atoms with van der Waals surface area (Å²) in [5.41, 5.74) is 8.21. The standard InChI is InChI=1S/C16H18FNS/c1-11(2)12-6-8-13(9-7-12)19-10-14-15(17)4-3-5-16(14)18/h3-9,11H,10,18H2,1-2H3. The van der Waals surface area contributed by atoms with E-state index in [-0.39, 0.29) is 5.82 Å². The van der Waals surface area contributed by atoms with Crippen LogP contribution in [0.2, 0.25) is 0 Å². The van der Waals surface area contributed by atoms with Crippen molar-refractivity contribution in [3.63, 3.8) is 0 Å². The summed E-state index contributed by atoms with van der Waals surface area (Å²) in [4.78, 5) is 1.13. The molecule has 19 heavy (non-hydrogen) atoms. The maximum atomic E-state index is 13.6. The lowest BCUT2D eigenvalue weighted by molar-refractivity contribution is 0.618. The lowest BCUT2D eigenvalue weighted by Crippen LogP contribution is -1.96. The van der Waals surface area contributed by atoms with Gasteiger partial charge in [0.25, 0.3) is 0 Å². The minimum Gasteiger partial charge on any atom is -0.398 e. The second-order valence-corrected chi connectivity index (χ2v) is 5.87. The predicted molar refractivity (Wildman–Crippen MR) is 80.9 cm³/mol. The van der Waals surface area contributed by atoms with Gasteiger partial charge in [-0.2, -0.15) is 0 Å². The Kier molecular flexibility index (Phi) is 4.48. The highest BCUT2D eigenvalue weighted by atomic mass is 32.2. The Bertz CT molecular complexity index is 529. The highest BCUT2D eigenvalue weighted by Crippen LogP contribution is 2.28. The van der Waals surface area contributed by atoms with Crippen molar-refractivity contribution >= 4 is 17.4 Å². The molecule has 0 saturated carbocycles. The van der Waals surface area contributed by atoms with E-state index in [1.54, 1.807) is 23.9 Å². The van der Waals surface area contributed by atoms with Crippen molar-refractivity contribution in [2.75, 3.05) is 5.73 Å². The van der Waals surface area contributed by atoms with E-state index in [4.69, 9.17) is 5.73 Å². The topological polar surface area (TPSA) is 26.0 Å². The van der Waals surface area contributed by atoms with E-state index < -0.39 is 0 Å². The molecule has 0 fully saturated rings. The predicted octanol–water partition coefficient (Wildman–Crippen LogP) is 4.82. The maximum Gasteiger partial charge on any atom is 0.129 e. The Hall–Kier alpha value is -1.48. The van der Waals surface area contributed by atoms with Crippen LogP contribution in [0.25, 0.3) is 0 Å². The van der Waals surface area contributed by atoms with Gasteiger partial charge in [0.2, 0.25) is 0 Å². The van der Waals surface area contributed by atoms with Crippen molar-refractivity contribution in [1.29, 1.82) is 0 Å². The third kappa shape index (κ3) is 3.51. The number of benzene rings is 2. The van der Waals surface area contributed by atoms with Gasteiger partial charge in [0.1, 0.15) is 5.82 Å². The smallest absolute Gasteiger partial charge is 0.129 e. The van der Waals surface area contributed by atoms with Crippen LogP contribution in [0.15, 0.2) is 47.4 Å². The number of hydrogen-bond donors (Lipinski definition) is 1. The van der Waals surface area contributed by atoms with Gasteiger partial charge in [0.05, 0.1) is 0 Å². The Morgan fingerprint density at radius 3 is 2.37 bits per heavy atom. The summed E-state index contributed by atoms with van der Waals surface area (Å²) in [7, 11) is 0. The zero-order chi connectivity index (χ0) is 13.8. The second-order valence-electron chi connectivity index (χ2n) is 4.82. The fourth-order valence-corrected chi connectivity index (χ4v) is 2.78. The van der Waals surface area contributed by atoms with Gasteiger partial charge in [-0.05, 0) is 35.7 Å². The maximum absolute atomic E-state index is 13.6. The molecule has 0 saturated heterocycles. The van der Waals surface area contributed by atoms with Crippen molar-refractivity contribution in [2.24, 2.45) is 0 Å². The lowest BCUT2D eigenvalue weighted by Gasteiger charge is -2.08. The van der Waals surface area contributed by atoms with Gasteiger partial charge in [-0.1, -0.05) is 32.0 Å². The van der Waals surface area contributed by atoms with E-state index in [0.717, 1.165) is 4.90 Å². The van der Waals surface area contributed by atoms with Gasteiger partial charge in [0, 0.05) is 21.9 Å². The molecule has 0 amide bonds. The van der Waals surface area contributed by atoms with E-state index in [1.807, 2.05) is 0 Å². The van der Waals surface area contributed by atoms with Crippen molar-refractivity contribution < 1.29 is 4.39 Å². The van der Waals surface area contributed by atoms with E-state index in [2.05, 4.69) is 38.1 Å². The first-order chi connectivity index (χ1) is 9.08. The Balaban J connectivity index is 2.06. The normalized spacial score (nSPS) is 10.9. The van der Waals surface area contributed by atoms with Crippen LogP contribution < -0.4 is 5.73 Å². The molecule has 100 valence electrons. The van der Waals surface area contributed by atoms with Crippen LogP contribution in [0.3, 0.4) is 0 Å². The van der Waals surface area contributed by atoms with Crippen LogP contribution in [0.1, 0.15) is 30.9 Å². The zero-order valence-corrected chi connectivity index (χ0v) is 12.0. The first kappa shape index (κ1) is 13.9. The van der Waals surface area contributed by atoms with Crippen LogP contribution >= 0.6 is 11.8 Å². The summed E-state index contributed by atoms with van der Waals surface area (Å²) in [5, 5.41) is 0. The van der Waals surface area contributed by atoms with Gasteiger partial charge in [-0.15, -0.1) is 11.8 Å². The van der Waals surface area contributed by atoms with Gasteiger partial charge in [-0.25, -0.2) is 4.39 Å². The van der Waals surface area contributed by atoms with Crippen molar-refractivity contribution in [3.8, 4) is 0 Å². The molecule has 2 aromatic rings. The van der Waals surface area contributed by atoms with Crippen LogP contribution in [0.4, 0.5) is 10.1 Å². The molecular weight excluding hydrogens is 257 g/mol. The van der Waals surface area contributed by atoms with Gasteiger partial charge < -0.3 is 5.73 Å². The number of rotatable bonds is 4. The molecule has 0 aliphatic rings. The second kappa shape index (κ2) is 6.11. The molecule has 0 aliphatic carbocycles. The van der Waals surface area contributed by atoms with Crippen LogP contribution in [-0.4, -0.2) is 0 Å². The average molecular weight is 275 g/mol. The fraction of sp³-hybridized carbons (Fsp3) is 0.250. The summed E-state index contributed by atoms with van der Waals surface area (Å²) in [6.07, 6.45) is 0. The largest absolute Gasteiger partial charge is 0.398 e.